The Morgan fingerprint density at radius 3 is 2.71 bits per heavy atom. The molecule has 1 aromatic heterocycles. The maximum atomic E-state index is 11.1. The molecule has 2 aliphatic heterocycles. The van der Waals surface area contributed by atoms with Crippen LogP contribution in [0.4, 0.5) is 10.6 Å². The van der Waals surface area contributed by atoms with Crippen LogP contribution >= 0.6 is 0 Å². The average Bonchev–Trinajstić information content (AvgIpc) is 2.58. The molecular formula is C18H20N4O2. The number of carboxylic acid groups (broad SMARTS) is 1. The number of amides is 1. The van der Waals surface area contributed by atoms with E-state index < -0.39 is 6.09 Å². The zero-order valence-electron chi connectivity index (χ0n) is 13.5. The Morgan fingerprint density at radius 1 is 1.29 bits per heavy atom. The molecule has 124 valence electrons. The monoisotopic (exact) mass is 324 g/mol. The molecular weight excluding hydrogens is 304 g/mol. The zero-order valence-corrected chi connectivity index (χ0v) is 13.5. The average molecular weight is 324 g/mol. The Morgan fingerprint density at radius 2 is 2.04 bits per heavy atom. The van der Waals surface area contributed by atoms with Crippen LogP contribution in [0.1, 0.15) is 18.4 Å². The molecule has 24 heavy (non-hydrogen) atoms. The largest absolute Gasteiger partial charge is 0.465 e. The molecule has 0 aliphatic carbocycles. The van der Waals surface area contributed by atoms with Crippen LogP contribution in [-0.2, 0) is 0 Å². The lowest BCUT2D eigenvalue weighted by Gasteiger charge is -2.54. The van der Waals surface area contributed by atoms with Gasteiger partial charge in [0.25, 0.3) is 0 Å². The van der Waals surface area contributed by atoms with Gasteiger partial charge in [0.15, 0.2) is 5.82 Å². The van der Waals surface area contributed by atoms with Crippen LogP contribution in [0.2, 0.25) is 0 Å². The number of likely N-dealkylation sites (tertiary alicyclic amines) is 1. The molecule has 6 nitrogen and oxygen atoms in total. The predicted octanol–water partition coefficient (Wildman–Crippen LogP) is 2.85. The van der Waals surface area contributed by atoms with E-state index in [-0.39, 0.29) is 5.41 Å². The van der Waals surface area contributed by atoms with Crippen LogP contribution in [0.25, 0.3) is 16.8 Å². The van der Waals surface area contributed by atoms with Crippen molar-refractivity contribution in [1.29, 1.82) is 0 Å². The van der Waals surface area contributed by atoms with E-state index in [0.29, 0.717) is 13.1 Å². The summed E-state index contributed by atoms with van der Waals surface area (Å²) in [5.74, 6) is 0.919. The maximum Gasteiger partial charge on any atom is 0.407 e. The minimum Gasteiger partial charge on any atom is -0.465 e. The van der Waals surface area contributed by atoms with Gasteiger partial charge in [0.2, 0.25) is 0 Å². The molecule has 0 saturated carbocycles. The molecule has 3 heterocycles. The van der Waals surface area contributed by atoms with Crippen molar-refractivity contribution in [3.05, 3.63) is 36.5 Å². The van der Waals surface area contributed by atoms with Crippen LogP contribution in [0, 0.1) is 5.41 Å². The first-order valence-corrected chi connectivity index (χ1v) is 8.21. The van der Waals surface area contributed by atoms with Crippen molar-refractivity contribution in [2.24, 2.45) is 5.41 Å². The first-order chi connectivity index (χ1) is 11.6. The van der Waals surface area contributed by atoms with Crippen molar-refractivity contribution in [1.82, 2.24) is 15.1 Å². The summed E-state index contributed by atoms with van der Waals surface area (Å²) in [6.07, 6.45) is 4.66. The predicted molar refractivity (Wildman–Crippen MR) is 93.1 cm³/mol. The van der Waals surface area contributed by atoms with Crippen LogP contribution < -0.4 is 4.90 Å². The number of rotatable bonds is 2. The van der Waals surface area contributed by atoms with Crippen molar-refractivity contribution in [2.75, 3.05) is 31.1 Å². The van der Waals surface area contributed by atoms with Gasteiger partial charge in [-0.3, -0.25) is 0 Å². The highest BCUT2D eigenvalue weighted by molar-refractivity contribution is 5.93. The second-order valence-electron chi connectivity index (χ2n) is 6.84. The Bertz CT molecular complexity index is 804. The fourth-order valence-electron chi connectivity index (χ4n) is 3.84. The molecule has 2 fully saturated rings. The smallest absolute Gasteiger partial charge is 0.407 e. The van der Waals surface area contributed by atoms with Gasteiger partial charge >= 0.3 is 6.09 Å². The number of carbonyl (C=O) groups is 1. The van der Waals surface area contributed by atoms with Gasteiger partial charge in [0.1, 0.15) is 0 Å². The third-order valence-electron chi connectivity index (χ3n) is 5.35. The van der Waals surface area contributed by atoms with E-state index in [2.05, 4.69) is 27.7 Å². The van der Waals surface area contributed by atoms with Crippen molar-refractivity contribution in [3.63, 3.8) is 0 Å². The first kappa shape index (κ1) is 14.9. The molecule has 1 spiro atoms. The Kier molecular flexibility index (Phi) is 3.40. The lowest BCUT2D eigenvalue weighted by Crippen LogP contribution is -2.61. The Labute approximate surface area is 140 Å². The van der Waals surface area contributed by atoms with Gasteiger partial charge in [-0.1, -0.05) is 24.8 Å². The number of hydrogen-bond donors (Lipinski definition) is 1. The van der Waals surface area contributed by atoms with Gasteiger partial charge in [-0.15, -0.1) is 5.10 Å². The maximum absolute atomic E-state index is 11.1. The highest BCUT2D eigenvalue weighted by Gasteiger charge is 2.46. The quantitative estimate of drug-likeness (QED) is 0.920. The lowest BCUT2D eigenvalue weighted by atomic mass is 9.72. The number of nitrogens with zero attached hydrogens (tertiary/aromatic N) is 4. The van der Waals surface area contributed by atoms with Gasteiger partial charge < -0.3 is 14.9 Å². The summed E-state index contributed by atoms with van der Waals surface area (Å²) in [6.45, 7) is 6.94. The van der Waals surface area contributed by atoms with E-state index in [1.54, 1.807) is 6.20 Å². The van der Waals surface area contributed by atoms with Crippen molar-refractivity contribution < 1.29 is 9.90 Å². The molecule has 6 heteroatoms. The SMILES string of the molecule is C=Cc1ccc2cnnc(N3CC4(CCN(C(=O)O)CC4)C3)c2c1. The third kappa shape index (κ3) is 2.38. The van der Waals surface area contributed by atoms with Gasteiger partial charge in [-0.2, -0.15) is 5.10 Å². The van der Waals surface area contributed by atoms with Crippen molar-refractivity contribution in [3.8, 4) is 0 Å². The normalized spacial score (nSPS) is 19.3. The second kappa shape index (κ2) is 5.47. The van der Waals surface area contributed by atoms with Crippen LogP contribution in [-0.4, -0.2) is 52.5 Å². The zero-order chi connectivity index (χ0) is 16.7. The number of anilines is 1. The highest BCUT2D eigenvalue weighted by atomic mass is 16.4. The van der Waals surface area contributed by atoms with E-state index in [0.717, 1.165) is 48.1 Å². The molecule has 1 aromatic carbocycles. The lowest BCUT2D eigenvalue weighted by molar-refractivity contribution is 0.0707. The Hall–Kier alpha value is -2.63. The van der Waals surface area contributed by atoms with Crippen LogP contribution in [0.15, 0.2) is 31.0 Å². The van der Waals surface area contributed by atoms with E-state index >= 15 is 0 Å². The summed E-state index contributed by atoms with van der Waals surface area (Å²) in [7, 11) is 0. The number of hydrogen-bond acceptors (Lipinski definition) is 4. The first-order valence-electron chi connectivity index (χ1n) is 8.21. The number of fused-ring (bicyclic) bond motifs is 1. The molecule has 0 bridgehead atoms. The molecule has 0 radical (unpaired) electrons. The van der Waals surface area contributed by atoms with Crippen molar-refractivity contribution >= 4 is 28.8 Å². The van der Waals surface area contributed by atoms with Gasteiger partial charge in [0.05, 0.1) is 6.20 Å². The summed E-state index contributed by atoms with van der Waals surface area (Å²) in [6, 6.07) is 6.18. The Balaban J connectivity index is 1.54. The fraction of sp³-hybridized carbons (Fsp3) is 0.389. The van der Waals surface area contributed by atoms with Gasteiger partial charge in [-0.05, 0) is 24.5 Å². The minimum absolute atomic E-state index is 0.228. The molecule has 2 saturated heterocycles. The second-order valence-corrected chi connectivity index (χ2v) is 6.84. The highest BCUT2D eigenvalue weighted by Crippen LogP contribution is 2.43. The number of aromatic nitrogens is 2. The molecule has 1 N–H and O–H groups in total. The molecule has 2 aliphatic rings. The third-order valence-corrected chi connectivity index (χ3v) is 5.35. The minimum atomic E-state index is -0.807. The van der Waals surface area contributed by atoms with Crippen molar-refractivity contribution in [2.45, 2.75) is 12.8 Å². The molecule has 1 amide bonds. The van der Waals surface area contributed by atoms with E-state index in [9.17, 15) is 4.79 Å². The molecule has 0 atom stereocenters. The summed E-state index contributed by atoms with van der Waals surface area (Å²) in [5.41, 5.74) is 1.30. The summed E-state index contributed by atoms with van der Waals surface area (Å²) >= 11 is 0. The van der Waals surface area contributed by atoms with E-state index in [1.807, 2.05) is 18.2 Å². The molecule has 0 unspecified atom stereocenters. The standard InChI is InChI=1S/C18H20N4O2/c1-2-13-3-4-14-10-19-20-16(15(14)9-13)22-11-18(12-22)5-7-21(8-6-18)17(23)24/h2-4,9-10H,1,5-8,11-12H2,(H,23,24). The van der Waals surface area contributed by atoms with E-state index in [4.69, 9.17) is 5.11 Å². The fourth-order valence-corrected chi connectivity index (χ4v) is 3.84. The summed E-state index contributed by atoms with van der Waals surface area (Å²) in [5, 5.41) is 19.8. The van der Waals surface area contributed by atoms with Gasteiger partial charge in [0, 0.05) is 42.4 Å². The summed E-state index contributed by atoms with van der Waals surface area (Å²) in [4.78, 5) is 14.8. The topological polar surface area (TPSA) is 69.6 Å². The van der Waals surface area contributed by atoms with Crippen LogP contribution in [0.5, 0.6) is 0 Å². The number of piperidine rings is 1. The molecule has 4 rings (SSSR count). The number of benzene rings is 1. The van der Waals surface area contributed by atoms with Gasteiger partial charge in [-0.25, -0.2) is 4.79 Å². The van der Waals surface area contributed by atoms with Crippen LogP contribution in [0.3, 0.4) is 0 Å². The van der Waals surface area contributed by atoms with E-state index in [1.165, 1.54) is 4.90 Å². The summed E-state index contributed by atoms with van der Waals surface area (Å²) < 4.78 is 0. The molecule has 2 aromatic rings.